The van der Waals surface area contributed by atoms with Crippen LogP contribution in [0.5, 0.6) is 5.75 Å². The van der Waals surface area contributed by atoms with Gasteiger partial charge in [-0.2, -0.15) is 4.39 Å². The van der Waals surface area contributed by atoms with Gasteiger partial charge in [-0.3, -0.25) is 0 Å². The molecule has 1 saturated carbocycles. The Kier molecular flexibility index (Phi) is 8.32. The van der Waals surface area contributed by atoms with Gasteiger partial charge in [0, 0.05) is 0 Å². The highest BCUT2D eigenvalue weighted by molar-refractivity contribution is 5.33. The van der Waals surface area contributed by atoms with Crippen molar-refractivity contribution in [1.29, 1.82) is 0 Å². The Labute approximate surface area is 175 Å². The molecule has 3 heteroatoms. The van der Waals surface area contributed by atoms with Crippen molar-refractivity contribution in [2.75, 3.05) is 6.61 Å². The first-order valence-electron chi connectivity index (χ1n) is 11.6. The molecular weight excluding hydrogens is 366 g/mol. The van der Waals surface area contributed by atoms with E-state index in [2.05, 4.69) is 25.2 Å². The lowest BCUT2D eigenvalue weighted by molar-refractivity contribution is 0.310. The molecule has 3 rings (SSSR count). The van der Waals surface area contributed by atoms with Crippen LogP contribution in [0.4, 0.5) is 8.78 Å². The fourth-order valence-electron chi connectivity index (χ4n) is 4.90. The number of halogens is 2. The highest BCUT2D eigenvalue weighted by Crippen LogP contribution is 2.39. The summed E-state index contributed by atoms with van der Waals surface area (Å²) in [6.07, 6.45) is 18.7. The summed E-state index contributed by atoms with van der Waals surface area (Å²) in [5.74, 6) is 0.0112. The fourth-order valence-corrected chi connectivity index (χ4v) is 4.90. The van der Waals surface area contributed by atoms with Gasteiger partial charge in [-0.15, -0.1) is 0 Å². The lowest BCUT2D eigenvalue weighted by atomic mass is 9.78. The molecule has 1 atom stereocenters. The van der Waals surface area contributed by atoms with E-state index in [9.17, 15) is 8.78 Å². The van der Waals surface area contributed by atoms with Gasteiger partial charge in [0.15, 0.2) is 11.6 Å². The van der Waals surface area contributed by atoms with Gasteiger partial charge in [0.2, 0.25) is 5.82 Å². The number of ether oxygens (including phenoxy) is 1. The van der Waals surface area contributed by atoms with Crippen molar-refractivity contribution < 1.29 is 13.5 Å². The number of benzene rings is 1. The summed E-state index contributed by atoms with van der Waals surface area (Å²) in [5.41, 5.74) is 2.16. The van der Waals surface area contributed by atoms with Gasteiger partial charge in [0.25, 0.3) is 0 Å². The fraction of sp³-hybridized carbons (Fsp3) is 0.615. The average Bonchev–Trinajstić information content (AvgIpc) is 2.76. The Balaban J connectivity index is 1.43. The number of hydrogen-bond donors (Lipinski definition) is 0. The van der Waals surface area contributed by atoms with E-state index in [-0.39, 0.29) is 11.7 Å². The average molecular weight is 403 g/mol. The third kappa shape index (κ3) is 5.93. The molecule has 0 saturated heterocycles. The maximum Gasteiger partial charge on any atom is 0.200 e. The zero-order chi connectivity index (χ0) is 20.6. The maximum atomic E-state index is 14.5. The summed E-state index contributed by atoms with van der Waals surface area (Å²) in [6, 6.07) is 3.29. The van der Waals surface area contributed by atoms with Gasteiger partial charge in [-0.05, 0) is 101 Å². The molecule has 29 heavy (non-hydrogen) atoms. The summed E-state index contributed by atoms with van der Waals surface area (Å²) in [6.45, 7) is 4.36. The van der Waals surface area contributed by atoms with Gasteiger partial charge in [-0.1, -0.05) is 36.8 Å². The van der Waals surface area contributed by atoms with Crippen molar-refractivity contribution in [1.82, 2.24) is 0 Å². The van der Waals surface area contributed by atoms with Crippen LogP contribution in [0, 0.1) is 23.5 Å². The van der Waals surface area contributed by atoms with Gasteiger partial charge in [-0.25, -0.2) is 4.39 Å². The van der Waals surface area contributed by atoms with Crippen molar-refractivity contribution >= 4 is 0 Å². The Hall–Kier alpha value is -1.64. The number of allylic oxidation sites excluding steroid dienone is 4. The first-order valence-corrected chi connectivity index (χ1v) is 11.6. The van der Waals surface area contributed by atoms with Gasteiger partial charge in [0.1, 0.15) is 0 Å². The van der Waals surface area contributed by atoms with Gasteiger partial charge < -0.3 is 4.74 Å². The molecule has 1 unspecified atom stereocenters. The minimum Gasteiger partial charge on any atom is -0.491 e. The third-order valence-electron chi connectivity index (χ3n) is 6.81. The van der Waals surface area contributed by atoms with E-state index in [0.29, 0.717) is 18.1 Å². The molecular formula is C26H36F2O. The topological polar surface area (TPSA) is 9.23 Å². The van der Waals surface area contributed by atoms with Crippen LogP contribution in [0.2, 0.25) is 0 Å². The zero-order valence-electron chi connectivity index (χ0n) is 18.1. The molecule has 0 spiro atoms. The second kappa shape index (κ2) is 10.9. The molecule has 1 aromatic carbocycles. The van der Waals surface area contributed by atoms with Crippen LogP contribution in [-0.4, -0.2) is 6.61 Å². The molecule has 0 heterocycles. The molecule has 0 N–H and O–H groups in total. The lowest BCUT2D eigenvalue weighted by Crippen LogP contribution is -2.14. The quantitative estimate of drug-likeness (QED) is 0.399. The van der Waals surface area contributed by atoms with E-state index >= 15 is 0 Å². The Morgan fingerprint density at radius 1 is 1.03 bits per heavy atom. The first-order chi connectivity index (χ1) is 14.1. The monoisotopic (exact) mass is 402 g/mol. The lowest BCUT2D eigenvalue weighted by Gasteiger charge is -2.27. The van der Waals surface area contributed by atoms with Gasteiger partial charge in [0.05, 0.1) is 6.61 Å². The molecule has 2 aliphatic carbocycles. The number of hydrogen-bond acceptors (Lipinski definition) is 1. The van der Waals surface area contributed by atoms with Crippen LogP contribution < -0.4 is 4.74 Å². The predicted molar refractivity (Wildman–Crippen MR) is 116 cm³/mol. The predicted octanol–water partition coefficient (Wildman–Crippen LogP) is 8.11. The van der Waals surface area contributed by atoms with Crippen LogP contribution in [0.1, 0.15) is 89.5 Å². The minimum atomic E-state index is -0.838. The molecule has 160 valence electrons. The molecule has 2 aliphatic rings. The van der Waals surface area contributed by atoms with E-state index < -0.39 is 11.6 Å². The molecule has 0 bridgehead atoms. The maximum absolute atomic E-state index is 14.5. The van der Waals surface area contributed by atoms with E-state index in [4.69, 9.17) is 4.74 Å². The highest BCUT2D eigenvalue weighted by atomic mass is 19.2. The molecule has 1 nitrogen and oxygen atoms in total. The largest absolute Gasteiger partial charge is 0.491 e. The standard InChI is InChI=1S/C26H36F2O/c1-3-19-9-11-20(12-10-19)7-5-6-8-21-13-15-22(16-14-21)23-17-18-24(29-4-2)26(28)25(23)27/h6,8-9,17-18,20-22H,3-5,7,10-16H2,1-2H3. The van der Waals surface area contributed by atoms with Crippen molar-refractivity contribution in [3.63, 3.8) is 0 Å². The van der Waals surface area contributed by atoms with Crippen molar-refractivity contribution in [3.8, 4) is 5.75 Å². The molecule has 0 aromatic heterocycles. The van der Waals surface area contributed by atoms with E-state index in [1.165, 1.54) is 38.5 Å². The smallest absolute Gasteiger partial charge is 0.200 e. The second-order valence-corrected chi connectivity index (χ2v) is 8.69. The molecule has 0 amide bonds. The van der Waals surface area contributed by atoms with Gasteiger partial charge >= 0.3 is 0 Å². The number of rotatable bonds is 8. The normalized spacial score (nSPS) is 25.2. The first kappa shape index (κ1) is 22.1. The summed E-state index contributed by atoms with van der Waals surface area (Å²) in [5, 5.41) is 0. The minimum absolute atomic E-state index is 0.0183. The Bertz CT molecular complexity index is 714. The van der Waals surface area contributed by atoms with Crippen LogP contribution >= 0.6 is 0 Å². The third-order valence-corrected chi connectivity index (χ3v) is 6.81. The van der Waals surface area contributed by atoms with Crippen molar-refractivity contribution in [3.05, 3.63) is 53.1 Å². The molecule has 1 fully saturated rings. The van der Waals surface area contributed by atoms with Crippen molar-refractivity contribution in [2.45, 2.75) is 84.0 Å². The SMILES string of the molecule is CCOc1ccc(C2CCC(C=CCCC3CC=C(CC)CC3)CC2)c(F)c1F. The van der Waals surface area contributed by atoms with Crippen LogP contribution in [0.25, 0.3) is 0 Å². The molecule has 0 radical (unpaired) electrons. The molecule has 1 aromatic rings. The van der Waals surface area contributed by atoms with E-state index in [1.807, 2.05) is 0 Å². The summed E-state index contributed by atoms with van der Waals surface area (Å²) >= 11 is 0. The second-order valence-electron chi connectivity index (χ2n) is 8.69. The van der Waals surface area contributed by atoms with Crippen molar-refractivity contribution in [2.24, 2.45) is 11.8 Å². The zero-order valence-corrected chi connectivity index (χ0v) is 18.1. The van der Waals surface area contributed by atoms with E-state index in [0.717, 1.165) is 31.6 Å². The summed E-state index contributed by atoms with van der Waals surface area (Å²) in [4.78, 5) is 0. The summed E-state index contributed by atoms with van der Waals surface area (Å²) < 4.78 is 33.8. The Morgan fingerprint density at radius 2 is 1.83 bits per heavy atom. The van der Waals surface area contributed by atoms with Crippen LogP contribution in [0.3, 0.4) is 0 Å². The van der Waals surface area contributed by atoms with Crippen LogP contribution in [-0.2, 0) is 0 Å². The van der Waals surface area contributed by atoms with E-state index in [1.54, 1.807) is 24.6 Å². The summed E-state index contributed by atoms with van der Waals surface area (Å²) in [7, 11) is 0. The highest BCUT2D eigenvalue weighted by Gasteiger charge is 2.25. The molecule has 0 aliphatic heterocycles. The van der Waals surface area contributed by atoms with Crippen LogP contribution in [0.15, 0.2) is 35.9 Å². The Morgan fingerprint density at radius 3 is 2.48 bits per heavy atom.